The fraction of sp³-hybridized carbons (Fsp3) is 0.246. The van der Waals surface area contributed by atoms with Gasteiger partial charge < -0.3 is 9.15 Å². The van der Waals surface area contributed by atoms with Crippen molar-refractivity contribution in [3.63, 3.8) is 0 Å². The Morgan fingerprint density at radius 1 is 0.631 bits per heavy atom. The maximum absolute atomic E-state index is 9.13. The molecule has 324 valence electrons. The van der Waals surface area contributed by atoms with E-state index < -0.39 is 38.5 Å². The highest BCUT2D eigenvalue weighted by molar-refractivity contribution is 6.11. The van der Waals surface area contributed by atoms with E-state index >= 15 is 0 Å². The van der Waals surface area contributed by atoms with Crippen molar-refractivity contribution in [3.8, 4) is 67.4 Å². The first kappa shape index (κ1) is 30.4. The zero-order valence-electron chi connectivity index (χ0n) is 49.3. The summed E-state index contributed by atoms with van der Waals surface area (Å²) in [6, 6.07) is 38.7. The van der Waals surface area contributed by atoms with Gasteiger partial charge in [0.15, 0.2) is 0 Å². The van der Waals surface area contributed by atoms with Crippen LogP contribution in [0.4, 0.5) is 0 Å². The number of furan rings is 1. The number of hydrogen-bond donors (Lipinski definition) is 0. The SMILES string of the molecule is [2H]C([2H])([2H])c1cnc(-c2cc(Oc3cc(-c4cc(C5CCC(C)(C)CC5C)c(C)cn4)c4oc5cc(C)cc(C([2H])([2H])[2H])c5c4c3)c(C([2H])([2H])[2H])c(-c3ccc(-c4ccc(-c5ccccc5)cc4)cc3)c2)cc1C([2H])([2H])[2H]. The van der Waals surface area contributed by atoms with Crippen LogP contribution < -0.4 is 4.74 Å². The van der Waals surface area contributed by atoms with Crippen LogP contribution in [-0.2, 0) is 0 Å². The number of aromatic nitrogens is 2. The maximum atomic E-state index is 9.13. The van der Waals surface area contributed by atoms with Crippen molar-refractivity contribution in [1.82, 2.24) is 9.97 Å². The van der Waals surface area contributed by atoms with Crippen LogP contribution >= 0.6 is 0 Å². The van der Waals surface area contributed by atoms with E-state index in [-0.39, 0.29) is 50.8 Å². The molecule has 3 heterocycles. The molecule has 0 saturated heterocycles. The van der Waals surface area contributed by atoms with Crippen LogP contribution in [0.25, 0.3) is 77.8 Å². The van der Waals surface area contributed by atoms with E-state index in [0.717, 1.165) is 58.8 Å². The molecule has 6 aromatic carbocycles. The minimum Gasteiger partial charge on any atom is -0.457 e. The molecule has 2 atom stereocenters. The second kappa shape index (κ2) is 16.7. The van der Waals surface area contributed by atoms with Crippen LogP contribution in [0.3, 0.4) is 0 Å². The molecule has 0 aliphatic heterocycles. The monoisotopic (exact) mass is 863 g/mol. The highest BCUT2D eigenvalue weighted by Gasteiger charge is 2.34. The minimum absolute atomic E-state index is 0.0637. The third-order valence-electron chi connectivity index (χ3n) is 13.4. The Balaban J connectivity index is 1.19. The van der Waals surface area contributed by atoms with Gasteiger partial charge in [-0.05, 0) is 193 Å². The van der Waals surface area contributed by atoms with Crippen molar-refractivity contribution in [2.75, 3.05) is 0 Å². The number of benzene rings is 6. The summed E-state index contributed by atoms with van der Waals surface area (Å²) in [5, 5.41) is 0.766. The predicted molar refractivity (Wildman–Crippen MR) is 271 cm³/mol. The zero-order chi connectivity index (χ0) is 55.1. The molecule has 4 nitrogen and oxygen atoms in total. The average molecular weight is 863 g/mol. The van der Waals surface area contributed by atoms with E-state index in [1.54, 1.807) is 30.3 Å². The Kier molecular flexibility index (Phi) is 7.78. The number of ether oxygens (including phenoxy) is 1. The molecule has 0 amide bonds. The minimum atomic E-state index is -2.85. The second-order valence-electron chi connectivity index (χ2n) is 18.7. The summed E-state index contributed by atoms with van der Waals surface area (Å²) < 4.78 is 116. The lowest BCUT2D eigenvalue weighted by molar-refractivity contribution is 0.167. The lowest BCUT2D eigenvalue weighted by atomic mass is 9.65. The van der Waals surface area contributed by atoms with Gasteiger partial charge in [-0.25, -0.2) is 0 Å². The summed E-state index contributed by atoms with van der Waals surface area (Å²) in [5.41, 5.74) is 8.89. The van der Waals surface area contributed by atoms with Gasteiger partial charge in [0.25, 0.3) is 0 Å². The maximum Gasteiger partial charge on any atom is 0.145 e. The first-order valence-electron chi connectivity index (χ1n) is 28.3. The molecule has 1 fully saturated rings. The normalized spacial score (nSPS) is 19.5. The van der Waals surface area contributed by atoms with E-state index in [1.807, 2.05) is 92.0 Å². The summed E-state index contributed by atoms with van der Waals surface area (Å²) in [4.78, 5) is 9.46. The van der Waals surface area contributed by atoms with Crippen LogP contribution in [0.2, 0.25) is 0 Å². The summed E-state index contributed by atoms with van der Waals surface area (Å²) >= 11 is 0. The summed E-state index contributed by atoms with van der Waals surface area (Å²) in [6.45, 7) is -0.239. The Labute approximate surface area is 401 Å². The van der Waals surface area contributed by atoms with Gasteiger partial charge in [-0.2, -0.15) is 0 Å². The standard InChI is InChI=1S/C61H58N2O2/c1-36-25-38(3)59-54-31-49(30-53(60(54)65-58(59)26-36)56-32-51(41(6)35-63-56)50-23-24-61(8,9)33-39(50)4)64-57-29-48(55-27-37(2)40(5)34-62-55)28-52(42(57)7)47-21-19-46(20-22-47)45-17-15-44(16-18-45)43-13-11-10-12-14-43/h10-22,25-32,34-35,39,50H,23-24,33H2,1-9H3/i2D3,3D3,5D3,7D3. The van der Waals surface area contributed by atoms with E-state index in [0.29, 0.717) is 50.2 Å². The molecule has 4 heteroatoms. The van der Waals surface area contributed by atoms with Crippen LogP contribution in [0.1, 0.15) is 101 Å². The highest BCUT2D eigenvalue weighted by atomic mass is 16.5. The smallest absolute Gasteiger partial charge is 0.145 e. The molecule has 1 aliphatic rings. The van der Waals surface area contributed by atoms with Crippen LogP contribution in [-0.4, -0.2) is 9.97 Å². The highest BCUT2D eigenvalue weighted by Crippen LogP contribution is 2.48. The van der Waals surface area contributed by atoms with Gasteiger partial charge in [-0.1, -0.05) is 106 Å². The Hall–Kier alpha value is -6.78. The second-order valence-corrected chi connectivity index (χ2v) is 18.7. The number of hydrogen-bond acceptors (Lipinski definition) is 4. The summed E-state index contributed by atoms with van der Waals surface area (Å²) in [5.74, 6) is 0.652. The Bertz CT molecular complexity index is 3700. The zero-order valence-corrected chi connectivity index (χ0v) is 37.3. The number of nitrogens with zero attached hydrogens (tertiary/aromatic N) is 2. The van der Waals surface area contributed by atoms with E-state index in [9.17, 15) is 0 Å². The van der Waals surface area contributed by atoms with Gasteiger partial charge in [0.2, 0.25) is 0 Å². The molecule has 0 spiro atoms. The molecule has 2 unspecified atom stereocenters. The molecule has 0 bridgehead atoms. The molecular formula is C61H58N2O2. The molecule has 0 N–H and O–H groups in total. The van der Waals surface area contributed by atoms with E-state index in [1.165, 1.54) is 12.1 Å². The molecule has 3 aromatic heterocycles. The van der Waals surface area contributed by atoms with Crippen LogP contribution in [0.15, 0.2) is 144 Å². The molecule has 10 rings (SSSR count). The number of aryl methyl sites for hydroxylation is 5. The third kappa shape index (κ3) is 8.16. The van der Waals surface area contributed by atoms with Crippen molar-refractivity contribution < 1.29 is 25.6 Å². The molecule has 1 saturated carbocycles. The number of pyridine rings is 2. The fourth-order valence-corrected chi connectivity index (χ4v) is 10.0. The van der Waals surface area contributed by atoms with Crippen molar-refractivity contribution >= 4 is 21.9 Å². The quantitative estimate of drug-likeness (QED) is 0.153. The molecular weight excluding hydrogens is 793 g/mol. The molecule has 1 aliphatic carbocycles. The van der Waals surface area contributed by atoms with Crippen molar-refractivity contribution in [3.05, 3.63) is 179 Å². The van der Waals surface area contributed by atoms with Gasteiger partial charge in [0, 0.05) is 50.7 Å². The van der Waals surface area contributed by atoms with Gasteiger partial charge in [0.1, 0.15) is 22.7 Å². The first-order valence-corrected chi connectivity index (χ1v) is 22.3. The van der Waals surface area contributed by atoms with Gasteiger partial charge >= 0.3 is 0 Å². The average Bonchev–Trinajstić information content (AvgIpc) is 3.93. The predicted octanol–water partition coefficient (Wildman–Crippen LogP) is 17.3. The van der Waals surface area contributed by atoms with Gasteiger partial charge in [-0.15, -0.1) is 0 Å². The summed E-state index contributed by atoms with van der Waals surface area (Å²) in [7, 11) is 0. The fourth-order valence-electron chi connectivity index (χ4n) is 10.0. The number of rotatable bonds is 8. The lowest BCUT2D eigenvalue weighted by Crippen LogP contribution is -2.27. The molecule has 65 heavy (non-hydrogen) atoms. The lowest BCUT2D eigenvalue weighted by Gasteiger charge is -2.40. The number of fused-ring (bicyclic) bond motifs is 3. The van der Waals surface area contributed by atoms with Crippen molar-refractivity contribution in [2.45, 2.75) is 87.2 Å². The van der Waals surface area contributed by atoms with Crippen LogP contribution in [0.5, 0.6) is 11.5 Å². The van der Waals surface area contributed by atoms with E-state index in [4.69, 9.17) is 30.6 Å². The third-order valence-corrected chi connectivity index (χ3v) is 13.4. The van der Waals surface area contributed by atoms with Crippen molar-refractivity contribution in [1.29, 1.82) is 0 Å². The Morgan fingerprint density at radius 2 is 1.31 bits per heavy atom. The van der Waals surface area contributed by atoms with E-state index in [2.05, 4.69) is 38.7 Å². The Morgan fingerprint density at radius 3 is 2.00 bits per heavy atom. The van der Waals surface area contributed by atoms with Crippen LogP contribution in [0, 0.1) is 52.6 Å². The largest absolute Gasteiger partial charge is 0.457 e. The molecule has 9 aromatic rings. The summed E-state index contributed by atoms with van der Waals surface area (Å²) in [6.07, 6.45) is 5.99. The molecule has 0 radical (unpaired) electrons. The topological polar surface area (TPSA) is 48.2 Å². The van der Waals surface area contributed by atoms with Gasteiger partial charge in [-0.3, -0.25) is 9.97 Å². The first-order chi connectivity index (χ1) is 36.1. The van der Waals surface area contributed by atoms with Gasteiger partial charge in [0.05, 0.1) is 11.4 Å². The van der Waals surface area contributed by atoms with Crippen molar-refractivity contribution in [2.24, 2.45) is 11.3 Å².